The lowest BCUT2D eigenvalue weighted by Gasteiger charge is -1.98. The van der Waals surface area contributed by atoms with Gasteiger partial charge < -0.3 is 0 Å². The summed E-state index contributed by atoms with van der Waals surface area (Å²) in [6, 6.07) is 2.22. The highest BCUT2D eigenvalue weighted by Crippen LogP contribution is 2.33. The second-order valence-electron chi connectivity index (χ2n) is 2.45. The molecule has 0 saturated heterocycles. The number of nitrogens with zero attached hydrogens (tertiary/aromatic N) is 1. The van der Waals surface area contributed by atoms with Gasteiger partial charge in [-0.15, -0.1) is 11.3 Å². The normalized spacial score (nSPS) is 12.5. The lowest BCUT2D eigenvalue weighted by Crippen LogP contribution is -1.84. The van der Waals surface area contributed by atoms with E-state index in [0.29, 0.717) is 0 Å². The van der Waals surface area contributed by atoms with Gasteiger partial charge >= 0.3 is 0 Å². The van der Waals surface area contributed by atoms with E-state index < -0.39 is 0 Å². The molecular formula is C8H8BrNS. The quantitative estimate of drug-likeness (QED) is 0.724. The van der Waals surface area contributed by atoms with E-state index in [4.69, 9.17) is 5.26 Å². The van der Waals surface area contributed by atoms with E-state index in [1.165, 1.54) is 5.56 Å². The number of halogens is 1. The van der Waals surface area contributed by atoms with Gasteiger partial charge in [0, 0.05) is 9.35 Å². The van der Waals surface area contributed by atoms with Gasteiger partial charge in [0.15, 0.2) is 0 Å². The molecule has 3 heteroatoms. The first-order valence-electron chi connectivity index (χ1n) is 3.30. The van der Waals surface area contributed by atoms with E-state index >= 15 is 0 Å². The fourth-order valence-electron chi connectivity index (χ4n) is 0.800. The van der Waals surface area contributed by atoms with E-state index in [9.17, 15) is 0 Å². The third-order valence-corrected chi connectivity index (χ3v) is 4.11. The number of rotatable bonds is 1. The molecule has 0 saturated carbocycles. The average Bonchev–Trinajstić information content (AvgIpc) is 2.32. The summed E-state index contributed by atoms with van der Waals surface area (Å²) < 4.78 is 1.09. The van der Waals surface area contributed by atoms with Crippen molar-refractivity contribution in [3.8, 4) is 6.07 Å². The Morgan fingerprint density at radius 2 is 2.36 bits per heavy atom. The van der Waals surface area contributed by atoms with Crippen molar-refractivity contribution in [2.24, 2.45) is 0 Å². The molecule has 0 radical (unpaired) electrons. The molecule has 0 aliphatic carbocycles. The Balaban J connectivity index is 3.07. The second kappa shape index (κ2) is 3.38. The summed E-state index contributed by atoms with van der Waals surface area (Å²) in [7, 11) is 0. The van der Waals surface area contributed by atoms with Crippen LogP contribution in [0, 0.1) is 18.3 Å². The van der Waals surface area contributed by atoms with Crippen LogP contribution in [0.25, 0.3) is 0 Å². The maximum Gasteiger partial charge on any atom is 0.0789 e. The zero-order chi connectivity index (χ0) is 8.43. The molecule has 0 amide bonds. The Kier molecular flexibility index (Phi) is 2.69. The SMILES string of the molecule is Cc1csc(C(C)C#N)c1Br. The van der Waals surface area contributed by atoms with E-state index in [1.54, 1.807) is 11.3 Å². The van der Waals surface area contributed by atoms with Crippen molar-refractivity contribution in [2.45, 2.75) is 19.8 Å². The smallest absolute Gasteiger partial charge is 0.0789 e. The van der Waals surface area contributed by atoms with Crippen LogP contribution in [0.15, 0.2) is 9.85 Å². The summed E-state index contributed by atoms with van der Waals surface area (Å²) >= 11 is 5.09. The highest BCUT2D eigenvalue weighted by molar-refractivity contribution is 9.10. The van der Waals surface area contributed by atoms with Crippen molar-refractivity contribution in [3.63, 3.8) is 0 Å². The number of hydrogen-bond donors (Lipinski definition) is 0. The van der Waals surface area contributed by atoms with Crippen molar-refractivity contribution >= 4 is 27.3 Å². The van der Waals surface area contributed by atoms with Crippen molar-refractivity contribution in [1.29, 1.82) is 5.26 Å². The lowest BCUT2D eigenvalue weighted by atomic mass is 10.1. The topological polar surface area (TPSA) is 23.8 Å². The van der Waals surface area contributed by atoms with Gasteiger partial charge in [-0.1, -0.05) is 0 Å². The van der Waals surface area contributed by atoms with Crippen LogP contribution in [-0.2, 0) is 0 Å². The zero-order valence-electron chi connectivity index (χ0n) is 6.39. The molecule has 0 aromatic carbocycles. The molecule has 1 aromatic rings. The summed E-state index contributed by atoms with van der Waals surface area (Å²) in [4.78, 5) is 1.13. The molecule has 0 aliphatic heterocycles. The molecule has 11 heavy (non-hydrogen) atoms. The number of thiophene rings is 1. The van der Waals surface area contributed by atoms with Gasteiger partial charge in [-0.25, -0.2) is 0 Å². The molecule has 1 heterocycles. The average molecular weight is 230 g/mol. The number of aryl methyl sites for hydroxylation is 1. The summed E-state index contributed by atoms with van der Waals surface area (Å²) in [6.45, 7) is 3.95. The van der Waals surface area contributed by atoms with Crippen LogP contribution < -0.4 is 0 Å². The Bertz CT molecular complexity index is 298. The van der Waals surface area contributed by atoms with E-state index in [-0.39, 0.29) is 5.92 Å². The van der Waals surface area contributed by atoms with Crippen LogP contribution in [0.2, 0.25) is 0 Å². The summed E-state index contributed by atoms with van der Waals surface area (Å²) in [5.41, 5.74) is 1.21. The van der Waals surface area contributed by atoms with Gasteiger partial charge in [-0.3, -0.25) is 0 Å². The van der Waals surface area contributed by atoms with Gasteiger partial charge in [0.1, 0.15) is 0 Å². The van der Waals surface area contributed by atoms with Crippen LogP contribution in [0.5, 0.6) is 0 Å². The first kappa shape index (κ1) is 8.76. The molecule has 0 fully saturated rings. The van der Waals surface area contributed by atoms with Crippen LogP contribution in [0.4, 0.5) is 0 Å². The first-order valence-corrected chi connectivity index (χ1v) is 4.97. The predicted molar refractivity (Wildman–Crippen MR) is 50.8 cm³/mol. The summed E-state index contributed by atoms with van der Waals surface area (Å²) in [5, 5.41) is 10.7. The Labute approximate surface area is 78.8 Å². The molecule has 0 aliphatic rings. The molecule has 0 spiro atoms. The Morgan fingerprint density at radius 1 is 1.73 bits per heavy atom. The van der Waals surface area contributed by atoms with Crippen molar-refractivity contribution < 1.29 is 0 Å². The Hall–Kier alpha value is -0.330. The monoisotopic (exact) mass is 229 g/mol. The lowest BCUT2D eigenvalue weighted by molar-refractivity contribution is 1.00. The second-order valence-corrected chi connectivity index (χ2v) is 4.15. The first-order chi connectivity index (χ1) is 5.16. The molecule has 0 N–H and O–H groups in total. The number of hydrogen-bond acceptors (Lipinski definition) is 2. The third-order valence-electron chi connectivity index (χ3n) is 1.51. The van der Waals surface area contributed by atoms with Gasteiger partial charge in [0.2, 0.25) is 0 Å². The van der Waals surface area contributed by atoms with Crippen molar-refractivity contribution in [2.75, 3.05) is 0 Å². The minimum absolute atomic E-state index is 0.00285. The summed E-state index contributed by atoms with van der Waals surface area (Å²) in [5.74, 6) is 0.00285. The predicted octanol–water partition coefficient (Wildman–Crippen LogP) is 3.45. The number of nitriles is 1. The molecule has 0 bridgehead atoms. The van der Waals surface area contributed by atoms with Crippen LogP contribution >= 0.6 is 27.3 Å². The molecule has 58 valence electrons. The Morgan fingerprint density at radius 3 is 2.73 bits per heavy atom. The molecule has 1 unspecified atom stereocenters. The van der Waals surface area contributed by atoms with Crippen molar-refractivity contribution in [1.82, 2.24) is 0 Å². The van der Waals surface area contributed by atoms with E-state index in [1.807, 2.05) is 13.8 Å². The van der Waals surface area contributed by atoms with E-state index in [0.717, 1.165) is 9.35 Å². The van der Waals surface area contributed by atoms with Crippen molar-refractivity contribution in [3.05, 3.63) is 20.3 Å². The highest BCUT2D eigenvalue weighted by atomic mass is 79.9. The van der Waals surface area contributed by atoms with Gasteiger partial charge in [-0.2, -0.15) is 5.26 Å². The van der Waals surface area contributed by atoms with Crippen LogP contribution in [0.3, 0.4) is 0 Å². The van der Waals surface area contributed by atoms with Gasteiger partial charge in [-0.05, 0) is 40.7 Å². The zero-order valence-corrected chi connectivity index (χ0v) is 8.79. The van der Waals surface area contributed by atoms with E-state index in [2.05, 4.69) is 27.4 Å². The van der Waals surface area contributed by atoms with Crippen LogP contribution in [0.1, 0.15) is 23.3 Å². The molecule has 1 rings (SSSR count). The third kappa shape index (κ3) is 1.63. The molecule has 1 atom stereocenters. The molecule has 1 nitrogen and oxygen atoms in total. The molecular weight excluding hydrogens is 222 g/mol. The molecule has 1 aromatic heterocycles. The minimum Gasteiger partial charge on any atom is -0.198 e. The van der Waals surface area contributed by atoms with Gasteiger partial charge in [0.05, 0.1) is 12.0 Å². The standard InChI is InChI=1S/C8H8BrNS/c1-5(3-10)8-7(9)6(2)4-11-8/h4-5H,1-2H3. The maximum atomic E-state index is 8.66. The maximum absolute atomic E-state index is 8.66. The fourth-order valence-corrected chi connectivity index (χ4v) is 2.63. The largest absolute Gasteiger partial charge is 0.198 e. The minimum atomic E-state index is 0.00285. The van der Waals surface area contributed by atoms with Gasteiger partial charge in [0.25, 0.3) is 0 Å². The van der Waals surface area contributed by atoms with Crippen LogP contribution in [-0.4, -0.2) is 0 Å². The summed E-state index contributed by atoms with van der Waals surface area (Å²) in [6.07, 6.45) is 0. The fraction of sp³-hybridized carbons (Fsp3) is 0.375. The highest BCUT2D eigenvalue weighted by Gasteiger charge is 2.11.